The average Bonchev–Trinajstić information content (AvgIpc) is 3.22. The van der Waals surface area contributed by atoms with Gasteiger partial charge in [0.2, 0.25) is 0 Å². The lowest BCUT2D eigenvalue weighted by Gasteiger charge is -2.37. The van der Waals surface area contributed by atoms with Gasteiger partial charge < -0.3 is 29.3 Å². The Bertz CT molecular complexity index is 710. The summed E-state index contributed by atoms with van der Waals surface area (Å²) in [6.07, 6.45) is 1.67. The maximum Gasteiger partial charge on any atom is 0.321 e. The number of piperidine rings is 1. The molecule has 160 valence electrons. The molecular formula is C21H30FN3O4. The third kappa shape index (κ3) is 4.82. The summed E-state index contributed by atoms with van der Waals surface area (Å²) in [6.45, 7) is 7.86. The van der Waals surface area contributed by atoms with E-state index >= 15 is 0 Å². The van der Waals surface area contributed by atoms with Crippen LogP contribution in [0.1, 0.15) is 26.7 Å². The molecule has 0 spiro atoms. The highest BCUT2D eigenvalue weighted by Crippen LogP contribution is 2.28. The van der Waals surface area contributed by atoms with Gasteiger partial charge >= 0.3 is 6.03 Å². The summed E-state index contributed by atoms with van der Waals surface area (Å²) >= 11 is 0. The van der Waals surface area contributed by atoms with Crippen molar-refractivity contribution in [3.63, 3.8) is 0 Å². The van der Waals surface area contributed by atoms with E-state index in [4.69, 9.17) is 14.2 Å². The summed E-state index contributed by atoms with van der Waals surface area (Å²) in [4.78, 5) is 16.3. The largest absolute Gasteiger partial charge is 0.372 e. The fourth-order valence-corrected chi connectivity index (χ4v) is 4.44. The summed E-state index contributed by atoms with van der Waals surface area (Å²) in [5, 5.41) is 2.83. The summed E-state index contributed by atoms with van der Waals surface area (Å²) < 4.78 is 31.6. The number of rotatable bonds is 3. The average molecular weight is 407 g/mol. The van der Waals surface area contributed by atoms with E-state index < -0.39 is 0 Å². The summed E-state index contributed by atoms with van der Waals surface area (Å²) in [7, 11) is 0. The van der Waals surface area contributed by atoms with Gasteiger partial charge in [0.15, 0.2) is 6.29 Å². The maximum absolute atomic E-state index is 14.7. The zero-order chi connectivity index (χ0) is 20.4. The smallest absolute Gasteiger partial charge is 0.321 e. The Morgan fingerprint density at radius 2 is 1.76 bits per heavy atom. The SMILES string of the molecule is C[C@@H]1CN(c2ccc(NC(=O)N3CCC(C4OCCO4)CC3)cc2F)C[C@@H](C)O1. The molecule has 3 aliphatic rings. The first kappa shape index (κ1) is 20.4. The van der Waals surface area contributed by atoms with Gasteiger partial charge in [0.25, 0.3) is 0 Å². The lowest BCUT2D eigenvalue weighted by atomic mass is 9.96. The van der Waals surface area contributed by atoms with Gasteiger partial charge in [-0.1, -0.05) is 0 Å². The summed E-state index contributed by atoms with van der Waals surface area (Å²) in [5.41, 5.74) is 1.01. The van der Waals surface area contributed by atoms with Crippen molar-refractivity contribution in [1.82, 2.24) is 4.90 Å². The lowest BCUT2D eigenvalue weighted by molar-refractivity contribution is -0.0950. The van der Waals surface area contributed by atoms with Crippen LogP contribution in [0.25, 0.3) is 0 Å². The summed E-state index contributed by atoms with van der Waals surface area (Å²) in [5.74, 6) is -0.00470. The highest BCUT2D eigenvalue weighted by molar-refractivity contribution is 5.89. The molecule has 1 aromatic carbocycles. The molecule has 2 amide bonds. The number of likely N-dealkylation sites (tertiary alicyclic amines) is 1. The molecule has 0 aromatic heterocycles. The molecule has 0 saturated carbocycles. The molecule has 7 nitrogen and oxygen atoms in total. The van der Waals surface area contributed by atoms with E-state index in [0.717, 1.165) is 12.8 Å². The van der Waals surface area contributed by atoms with E-state index in [1.807, 2.05) is 18.7 Å². The quantitative estimate of drug-likeness (QED) is 0.835. The van der Waals surface area contributed by atoms with Crippen molar-refractivity contribution < 1.29 is 23.4 Å². The van der Waals surface area contributed by atoms with E-state index in [-0.39, 0.29) is 30.3 Å². The molecule has 3 fully saturated rings. The minimum atomic E-state index is -0.335. The molecule has 0 aliphatic carbocycles. The number of nitrogens with one attached hydrogen (secondary N) is 1. The van der Waals surface area contributed by atoms with Crippen molar-refractivity contribution in [1.29, 1.82) is 0 Å². The molecular weight excluding hydrogens is 377 g/mol. The second kappa shape index (κ2) is 8.85. The number of morpholine rings is 1. The third-order valence-corrected chi connectivity index (χ3v) is 5.82. The molecule has 2 atom stereocenters. The molecule has 0 bridgehead atoms. The van der Waals surface area contributed by atoms with E-state index in [0.29, 0.717) is 56.7 Å². The number of hydrogen-bond acceptors (Lipinski definition) is 5. The highest BCUT2D eigenvalue weighted by Gasteiger charge is 2.32. The molecule has 0 unspecified atom stereocenters. The number of nitrogens with zero attached hydrogens (tertiary/aromatic N) is 2. The van der Waals surface area contributed by atoms with Gasteiger partial charge in [-0.25, -0.2) is 9.18 Å². The first-order chi connectivity index (χ1) is 14.0. The van der Waals surface area contributed by atoms with Gasteiger partial charge in [-0.15, -0.1) is 0 Å². The number of carbonyl (C=O) groups is 1. The van der Waals surface area contributed by atoms with Crippen molar-refractivity contribution in [2.75, 3.05) is 49.6 Å². The normalized spacial score (nSPS) is 26.7. The Kier molecular flexibility index (Phi) is 6.22. The highest BCUT2D eigenvalue weighted by atomic mass is 19.1. The van der Waals surface area contributed by atoms with Crippen molar-refractivity contribution in [2.24, 2.45) is 5.92 Å². The Morgan fingerprint density at radius 3 is 2.38 bits per heavy atom. The number of ether oxygens (including phenoxy) is 3. The molecule has 3 saturated heterocycles. The van der Waals surface area contributed by atoms with Gasteiger partial charge in [0.1, 0.15) is 5.82 Å². The van der Waals surface area contributed by atoms with Gasteiger partial charge in [0, 0.05) is 37.8 Å². The van der Waals surface area contributed by atoms with Crippen LogP contribution in [0.15, 0.2) is 18.2 Å². The van der Waals surface area contributed by atoms with E-state index in [2.05, 4.69) is 5.32 Å². The number of amides is 2. The van der Waals surface area contributed by atoms with E-state index in [9.17, 15) is 9.18 Å². The van der Waals surface area contributed by atoms with Crippen LogP contribution in [-0.2, 0) is 14.2 Å². The van der Waals surface area contributed by atoms with Gasteiger partial charge in [-0.05, 0) is 44.9 Å². The Balaban J connectivity index is 1.32. The fraction of sp³-hybridized carbons (Fsp3) is 0.667. The number of hydrogen-bond donors (Lipinski definition) is 1. The number of anilines is 2. The zero-order valence-electron chi connectivity index (χ0n) is 17.1. The van der Waals surface area contributed by atoms with E-state index in [1.165, 1.54) is 6.07 Å². The predicted molar refractivity (Wildman–Crippen MR) is 108 cm³/mol. The molecule has 1 aromatic rings. The Labute approximate surface area is 171 Å². The van der Waals surface area contributed by atoms with Crippen LogP contribution in [0.3, 0.4) is 0 Å². The first-order valence-electron chi connectivity index (χ1n) is 10.5. The number of urea groups is 1. The minimum absolute atomic E-state index is 0.0560. The lowest BCUT2D eigenvalue weighted by Crippen LogP contribution is -2.45. The van der Waals surface area contributed by atoms with E-state index in [1.54, 1.807) is 17.0 Å². The molecule has 1 N–H and O–H groups in total. The van der Waals surface area contributed by atoms with Crippen molar-refractivity contribution in [3.8, 4) is 0 Å². The number of carbonyl (C=O) groups excluding carboxylic acids is 1. The Hall–Kier alpha value is -1.90. The maximum atomic E-state index is 14.7. The molecule has 0 radical (unpaired) electrons. The van der Waals surface area contributed by atoms with Crippen molar-refractivity contribution in [3.05, 3.63) is 24.0 Å². The standard InChI is InChI=1S/C21H30FN3O4/c1-14-12-25(13-15(2)29-14)19-4-3-17(11-18(19)22)23-21(26)24-7-5-16(6-8-24)20-27-9-10-28-20/h3-4,11,14-16,20H,5-10,12-13H2,1-2H3,(H,23,26)/t14-,15-/m1/s1. The zero-order valence-corrected chi connectivity index (χ0v) is 17.1. The summed E-state index contributed by atoms with van der Waals surface area (Å²) in [6, 6.07) is 4.69. The van der Waals surface area contributed by atoms with Crippen LogP contribution < -0.4 is 10.2 Å². The van der Waals surface area contributed by atoms with Crippen molar-refractivity contribution in [2.45, 2.75) is 45.2 Å². The van der Waals surface area contributed by atoms with Crippen molar-refractivity contribution >= 4 is 17.4 Å². The van der Waals surface area contributed by atoms with Crippen LogP contribution >= 0.6 is 0 Å². The third-order valence-electron chi connectivity index (χ3n) is 5.82. The molecule has 29 heavy (non-hydrogen) atoms. The fourth-order valence-electron chi connectivity index (χ4n) is 4.44. The predicted octanol–water partition coefficient (Wildman–Crippen LogP) is 3.06. The van der Waals surface area contributed by atoms with Crippen LogP contribution in [0, 0.1) is 11.7 Å². The molecule has 4 rings (SSSR count). The van der Waals surface area contributed by atoms with Gasteiger partial charge in [0.05, 0.1) is 31.1 Å². The minimum Gasteiger partial charge on any atom is -0.372 e. The van der Waals surface area contributed by atoms with Crippen LogP contribution in [-0.4, -0.2) is 68.8 Å². The second-order valence-electron chi connectivity index (χ2n) is 8.19. The van der Waals surface area contributed by atoms with Crippen LogP contribution in [0.2, 0.25) is 0 Å². The molecule has 8 heteroatoms. The Morgan fingerprint density at radius 1 is 1.10 bits per heavy atom. The first-order valence-corrected chi connectivity index (χ1v) is 10.5. The van der Waals surface area contributed by atoms with Gasteiger partial charge in [-0.2, -0.15) is 0 Å². The van der Waals surface area contributed by atoms with Crippen LogP contribution in [0.5, 0.6) is 0 Å². The molecule has 3 heterocycles. The topological polar surface area (TPSA) is 63.3 Å². The van der Waals surface area contributed by atoms with Gasteiger partial charge in [-0.3, -0.25) is 0 Å². The monoisotopic (exact) mass is 407 g/mol. The second-order valence-corrected chi connectivity index (χ2v) is 8.19. The molecule has 3 aliphatic heterocycles. The number of benzene rings is 1. The number of halogens is 1. The van der Waals surface area contributed by atoms with Crippen LogP contribution in [0.4, 0.5) is 20.6 Å².